The van der Waals surface area contributed by atoms with Gasteiger partial charge in [-0.1, -0.05) is 66.0 Å². The molecule has 3 aliphatic heterocycles. The maximum absolute atomic E-state index is 12.8. The predicted octanol–water partition coefficient (Wildman–Crippen LogP) is 6.22. The molecular weight excluding hydrogens is 522 g/mol. The highest BCUT2D eigenvalue weighted by Gasteiger charge is 2.40. The van der Waals surface area contributed by atoms with Gasteiger partial charge in [-0.15, -0.1) is 0 Å². The maximum atomic E-state index is 12.8. The molecule has 1 amide bonds. The number of amides is 1. The van der Waals surface area contributed by atoms with Gasteiger partial charge in [-0.05, 0) is 73.7 Å². The highest BCUT2D eigenvalue weighted by atomic mass is 32.1. The molecule has 7 rings (SSSR count). The van der Waals surface area contributed by atoms with Crippen molar-refractivity contribution in [1.29, 1.82) is 0 Å². The number of carbonyl (C=O) groups is 2. The van der Waals surface area contributed by atoms with Crippen molar-refractivity contribution in [2.75, 3.05) is 24.5 Å². The number of aldehydes is 1. The first kappa shape index (κ1) is 26.2. The van der Waals surface area contributed by atoms with Gasteiger partial charge >= 0.3 is 11.0 Å². The maximum Gasteiger partial charge on any atom is 0.412 e. The summed E-state index contributed by atoms with van der Waals surface area (Å²) in [5.41, 5.74) is 4.91. The van der Waals surface area contributed by atoms with Crippen molar-refractivity contribution in [2.45, 2.75) is 31.8 Å². The van der Waals surface area contributed by atoms with Crippen LogP contribution in [0.15, 0.2) is 77.6 Å². The monoisotopic (exact) mass is 553 g/mol. The molecular formula is C32H31N3O4S. The van der Waals surface area contributed by atoms with Crippen LogP contribution in [-0.4, -0.2) is 52.6 Å². The molecule has 0 radical (unpaired) electrons. The summed E-state index contributed by atoms with van der Waals surface area (Å²) < 4.78 is 2.55. The minimum atomic E-state index is -0.918. The topological polar surface area (TPSA) is 82.8 Å². The van der Waals surface area contributed by atoms with E-state index in [0.717, 1.165) is 77.0 Å². The van der Waals surface area contributed by atoms with E-state index in [1.54, 1.807) is 21.6 Å². The Kier molecular flexibility index (Phi) is 7.36. The Bertz CT molecular complexity index is 1630. The van der Waals surface area contributed by atoms with Gasteiger partial charge in [0.25, 0.3) is 0 Å². The van der Waals surface area contributed by atoms with Crippen LogP contribution >= 0.6 is 11.3 Å². The van der Waals surface area contributed by atoms with Crippen LogP contribution in [0.25, 0.3) is 27.4 Å². The Balaban J connectivity index is 1.29. The smallest absolute Gasteiger partial charge is 0.412 e. The van der Waals surface area contributed by atoms with Crippen LogP contribution in [-0.2, 0) is 6.54 Å². The lowest BCUT2D eigenvalue weighted by molar-refractivity contribution is 0.0838. The molecule has 7 nitrogen and oxygen atoms in total. The Hall–Kier alpha value is -4.01. The molecule has 4 aromatic rings. The van der Waals surface area contributed by atoms with Gasteiger partial charge in [0.1, 0.15) is 6.29 Å². The Morgan fingerprint density at radius 1 is 1.02 bits per heavy atom. The molecule has 1 aromatic heterocycles. The number of aromatic nitrogens is 1. The van der Waals surface area contributed by atoms with Crippen molar-refractivity contribution in [3.8, 4) is 11.1 Å². The van der Waals surface area contributed by atoms with Crippen LogP contribution in [0.1, 0.15) is 35.2 Å². The van der Waals surface area contributed by atoms with Gasteiger partial charge in [0.2, 0.25) is 0 Å². The third kappa shape index (κ3) is 5.12. The van der Waals surface area contributed by atoms with Crippen molar-refractivity contribution in [3.05, 3.63) is 93.6 Å². The SMILES string of the molecule is O=Cc1ccc2c(c1)sc(=O)n2CC/C=C/c1ccc(-c2ccccc2)c(N(C(=O)O)[C@H]2CN3CCC2CC3)c1. The molecule has 8 heteroatoms. The molecule has 40 heavy (non-hydrogen) atoms. The molecule has 204 valence electrons. The predicted molar refractivity (Wildman–Crippen MR) is 160 cm³/mol. The molecule has 0 aliphatic carbocycles. The Labute approximate surface area is 236 Å². The molecule has 1 N–H and O–H groups in total. The number of benzene rings is 3. The highest BCUT2D eigenvalue weighted by molar-refractivity contribution is 7.16. The van der Waals surface area contributed by atoms with Gasteiger partial charge in [-0.25, -0.2) is 4.79 Å². The number of anilines is 1. The van der Waals surface area contributed by atoms with Crippen LogP contribution in [0.3, 0.4) is 0 Å². The van der Waals surface area contributed by atoms with Gasteiger partial charge in [-0.3, -0.25) is 19.1 Å². The second-order valence-electron chi connectivity index (χ2n) is 10.6. The van der Waals surface area contributed by atoms with Crippen molar-refractivity contribution in [3.63, 3.8) is 0 Å². The number of piperidine rings is 3. The standard InChI is InChI=1S/C32H31N3O4S/c36-21-23-10-12-27-30(19-23)40-32(39)34(27)15-5-4-6-22-9-11-26(24-7-2-1-3-8-24)28(18-22)35(31(37)38)29-20-33-16-13-25(29)14-17-33/h1-4,6-12,18-19,21,25,29H,5,13-17,20H2,(H,37,38)/b6-4+/t29-/m0/s1. The summed E-state index contributed by atoms with van der Waals surface area (Å²) in [6.07, 6.45) is 6.59. The van der Waals surface area contributed by atoms with Gasteiger partial charge in [0.05, 0.1) is 21.9 Å². The molecule has 0 spiro atoms. The summed E-state index contributed by atoms with van der Waals surface area (Å²) >= 11 is 1.15. The fourth-order valence-electron chi connectivity index (χ4n) is 6.15. The summed E-state index contributed by atoms with van der Waals surface area (Å²) in [7, 11) is 0. The van der Waals surface area contributed by atoms with E-state index in [1.165, 1.54) is 0 Å². The quantitative estimate of drug-likeness (QED) is 0.262. The third-order valence-electron chi connectivity index (χ3n) is 8.18. The average molecular weight is 554 g/mol. The zero-order chi connectivity index (χ0) is 27.6. The normalized spacial score (nSPS) is 20.2. The third-order valence-corrected chi connectivity index (χ3v) is 9.13. The number of aryl methyl sites for hydroxylation is 1. The minimum Gasteiger partial charge on any atom is -0.465 e. The summed E-state index contributed by atoms with van der Waals surface area (Å²) in [6.45, 7) is 3.38. The van der Waals surface area contributed by atoms with Crippen molar-refractivity contribution < 1.29 is 14.7 Å². The van der Waals surface area contributed by atoms with E-state index >= 15 is 0 Å². The first-order valence-corrected chi connectivity index (χ1v) is 14.5. The van der Waals surface area contributed by atoms with E-state index in [1.807, 2.05) is 66.7 Å². The summed E-state index contributed by atoms with van der Waals surface area (Å²) in [4.78, 5) is 40.4. The summed E-state index contributed by atoms with van der Waals surface area (Å²) in [5, 5.41) is 10.5. The van der Waals surface area contributed by atoms with Crippen LogP contribution in [0.5, 0.6) is 0 Å². The number of hydrogen-bond acceptors (Lipinski definition) is 5. The summed E-state index contributed by atoms with van der Waals surface area (Å²) in [6, 6.07) is 21.2. The number of hydrogen-bond donors (Lipinski definition) is 1. The molecule has 3 saturated heterocycles. The van der Waals surface area contributed by atoms with Crippen LogP contribution in [0.2, 0.25) is 0 Å². The fraction of sp³-hybridized carbons (Fsp3) is 0.281. The number of carboxylic acid groups (broad SMARTS) is 1. The largest absolute Gasteiger partial charge is 0.465 e. The van der Waals surface area contributed by atoms with E-state index in [9.17, 15) is 19.5 Å². The first-order chi connectivity index (χ1) is 19.5. The number of thiazole rings is 1. The lowest BCUT2D eigenvalue weighted by atomic mass is 9.82. The van der Waals surface area contributed by atoms with Crippen molar-refractivity contribution in [2.24, 2.45) is 5.92 Å². The second-order valence-corrected chi connectivity index (χ2v) is 11.5. The molecule has 3 fully saturated rings. The van der Waals surface area contributed by atoms with Crippen LogP contribution in [0.4, 0.5) is 10.5 Å². The number of rotatable bonds is 8. The van der Waals surface area contributed by atoms with Gasteiger partial charge in [0.15, 0.2) is 0 Å². The highest BCUT2D eigenvalue weighted by Crippen LogP contribution is 2.39. The van der Waals surface area contributed by atoms with Gasteiger partial charge < -0.3 is 10.0 Å². The number of carbonyl (C=O) groups excluding carboxylic acids is 1. The van der Waals surface area contributed by atoms with E-state index in [4.69, 9.17) is 0 Å². The summed E-state index contributed by atoms with van der Waals surface area (Å²) in [5.74, 6) is 0.366. The van der Waals surface area contributed by atoms with Crippen LogP contribution in [0, 0.1) is 5.92 Å². The number of fused-ring (bicyclic) bond motifs is 4. The lowest BCUT2D eigenvalue weighted by Crippen LogP contribution is -2.59. The molecule has 4 heterocycles. The average Bonchev–Trinajstić information content (AvgIpc) is 3.30. The molecule has 0 saturated carbocycles. The van der Waals surface area contributed by atoms with E-state index in [0.29, 0.717) is 30.1 Å². The van der Waals surface area contributed by atoms with E-state index < -0.39 is 6.09 Å². The number of allylic oxidation sites excluding steroid dienone is 1. The van der Waals surface area contributed by atoms with Gasteiger partial charge in [-0.2, -0.15) is 0 Å². The lowest BCUT2D eigenvalue weighted by Gasteiger charge is -2.48. The molecule has 2 bridgehead atoms. The van der Waals surface area contributed by atoms with Crippen molar-refractivity contribution in [1.82, 2.24) is 9.47 Å². The van der Waals surface area contributed by atoms with E-state index in [2.05, 4.69) is 4.90 Å². The zero-order valence-electron chi connectivity index (χ0n) is 22.1. The van der Waals surface area contributed by atoms with E-state index in [-0.39, 0.29) is 10.9 Å². The first-order valence-electron chi connectivity index (χ1n) is 13.7. The Morgan fingerprint density at radius 3 is 2.50 bits per heavy atom. The molecule has 0 unspecified atom stereocenters. The molecule has 3 aromatic carbocycles. The Morgan fingerprint density at radius 2 is 1.80 bits per heavy atom. The molecule has 3 aliphatic rings. The zero-order valence-corrected chi connectivity index (χ0v) is 22.9. The number of nitrogens with zero attached hydrogens (tertiary/aromatic N) is 3. The van der Waals surface area contributed by atoms with Crippen LogP contribution < -0.4 is 9.77 Å². The van der Waals surface area contributed by atoms with Gasteiger partial charge in [0, 0.05) is 24.2 Å². The second kappa shape index (κ2) is 11.2. The fourth-order valence-corrected chi connectivity index (χ4v) is 7.12. The molecule has 1 atom stereocenters. The van der Waals surface area contributed by atoms with Crippen molar-refractivity contribution >= 4 is 45.7 Å². The minimum absolute atomic E-state index is 0.0458.